The van der Waals surface area contributed by atoms with Crippen molar-refractivity contribution < 1.29 is 0 Å². The van der Waals surface area contributed by atoms with Gasteiger partial charge in [0, 0.05) is 25.2 Å². The van der Waals surface area contributed by atoms with Crippen LogP contribution in [0.15, 0.2) is 30.3 Å². The zero-order chi connectivity index (χ0) is 12.8. The maximum absolute atomic E-state index is 3.58. The molecule has 0 saturated carbocycles. The van der Waals surface area contributed by atoms with Gasteiger partial charge in [0.05, 0.1) is 0 Å². The Labute approximate surface area is 111 Å². The van der Waals surface area contributed by atoms with Gasteiger partial charge in [-0.25, -0.2) is 0 Å². The SMILES string of the molecule is CCNC1CCN(C(CC)c2ccccc2)CC1. The van der Waals surface area contributed by atoms with E-state index in [4.69, 9.17) is 0 Å². The maximum atomic E-state index is 3.58. The Hall–Kier alpha value is -0.860. The van der Waals surface area contributed by atoms with Gasteiger partial charge in [0.1, 0.15) is 0 Å². The molecule has 1 aliphatic rings. The third-order valence-electron chi connectivity index (χ3n) is 4.03. The van der Waals surface area contributed by atoms with Crippen LogP contribution in [0.1, 0.15) is 44.7 Å². The molecule has 1 N–H and O–H groups in total. The highest BCUT2D eigenvalue weighted by molar-refractivity contribution is 5.19. The second-order valence-corrected chi connectivity index (χ2v) is 5.20. The number of hydrogen-bond acceptors (Lipinski definition) is 2. The van der Waals surface area contributed by atoms with Gasteiger partial charge in [0.25, 0.3) is 0 Å². The van der Waals surface area contributed by atoms with Crippen molar-refractivity contribution in [2.75, 3.05) is 19.6 Å². The van der Waals surface area contributed by atoms with Crippen LogP contribution in [0, 0.1) is 0 Å². The summed E-state index contributed by atoms with van der Waals surface area (Å²) in [4.78, 5) is 2.66. The lowest BCUT2D eigenvalue weighted by molar-refractivity contribution is 0.140. The molecular formula is C16H26N2. The van der Waals surface area contributed by atoms with Gasteiger partial charge in [0.2, 0.25) is 0 Å². The molecule has 0 bridgehead atoms. The van der Waals surface area contributed by atoms with E-state index in [0.717, 1.165) is 12.6 Å². The molecule has 1 fully saturated rings. The molecule has 1 aromatic carbocycles. The van der Waals surface area contributed by atoms with Crippen molar-refractivity contribution in [3.63, 3.8) is 0 Å². The molecule has 0 aromatic heterocycles. The van der Waals surface area contributed by atoms with Crippen molar-refractivity contribution in [3.8, 4) is 0 Å². The Morgan fingerprint density at radius 3 is 2.39 bits per heavy atom. The van der Waals surface area contributed by atoms with Crippen LogP contribution < -0.4 is 5.32 Å². The molecule has 1 aliphatic heterocycles. The first-order chi connectivity index (χ1) is 8.85. The lowest BCUT2D eigenvalue weighted by Crippen LogP contribution is -2.43. The lowest BCUT2D eigenvalue weighted by Gasteiger charge is -2.37. The van der Waals surface area contributed by atoms with Crippen molar-refractivity contribution in [1.29, 1.82) is 0 Å². The highest BCUT2D eigenvalue weighted by Gasteiger charge is 2.24. The molecule has 1 unspecified atom stereocenters. The summed E-state index contributed by atoms with van der Waals surface area (Å²) >= 11 is 0. The minimum absolute atomic E-state index is 0.605. The Balaban J connectivity index is 1.95. The third kappa shape index (κ3) is 3.33. The van der Waals surface area contributed by atoms with Crippen molar-refractivity contribution in [3.05, 3.63) is 35.9 Å². The van der Waals surface area contributed by atoms with Gasteiger partial charge in [-0.15, -0.1) is 0 Å². The van der Waals surface area contributed by atoms with E-state index in [1.807, 2.05) is 0 Å². The Morgan fingerprint density at radius 2 is 1.83 bits per heavy atom. The molecule has 18 heavy (non-hydrogen) atoms. The van der Waals surface area contributed by atoms with Crippen LogP contribution in [-0.2, 0) is 0 Å². The summed E-state index contributed by atoms with van der Waals surface area (Å²) in [6.07, 6.45) is 3.78. The smallest absolute Gasteiger partial charge is 0.0345 e. The molecule has 0 amide bonds. The number of piperidine rings is 1. The second-order valence-electron chi connectivity index (χ2n) is 5.20. The van der Waals surface area contributed by atoms with E-state index in [1.165, 1.54) is 37.9 Å². The minimum Gasteiger partial charge on any atom is -0.314 e. The van der Waals surface area contributed by atoms with Crippen LogP contribution in [-0.4, -0.2) is 30.6 Å². The third-order valence-corrected chi connectivity index (χ3v) is 4.03. The van der Waals surface area contributed by atoms with Crippen molar-refractivity contribution in [2.24, 2.45) is 0 Å². The number of hydrogen-bond donors (Lipinski definition) is 1. The summed E-state index contributed by atoms with van der Waals surface area (Å²) in [5, 5.41) is 3.58. The van der Waals surface area contributed by atoms with E-state index in [2.05, 4.69) is 54.4 Å². The van der Waals surface area contributed by atoms with E-state index in [9.17, 15) is 0 Å². The van der Waals surface area contributed by atoms with Gasteiger partial charge in [0.15, 0.2) is 0 Å². The molecule has 0 aliphatic carbocycles. The minimum atomic E-state index is 0.605. The molecule has 1 heterocycles. The Kier molecular flexibility index (Phi) is 5.21. The van der Waals surface area contributed by atoms with Crippen LogP contribution in [0.4, 0.5) is 0 Å². The Bertz CT molecular complexity index is 328. The molecule has 1 atom stereocenters. The number of nitrogens with zero attached hydrogens (tertiary/aromatic N) is 1. The van der Waals surface area contributed by atoms with Crippen molar-refractivity contribution >= 4 is 0 Å². The first-order valence-electron chi connectivity index (χ1n) is 7.37. The van der Waals surface area contributed by atoms with Crippen molar-refractivity contribution in [2.45, 2.75) is 45.2 Å². The zero-order valence-electron chi connectivity index (χ0n) is 11.7. The molecule has 2 rings (SSSR count). The first kappa shape index (κ1) is 13.6. The van der Waals surface area contributed by atoms with Gasteiger partial charge in [-0.2, -0.15) is 0 Å². The zero-order valence-corrected chi connectivity index (χ0v) is 11.7. The summed E-state index contributed by atoms with van der Waals surface area (Å²) in [5.41, 5.74) is 1.47. The van der Waals surface area contributed by atoms with Gasteiger partial charge in [-0.3, -0.25) is 4.90 Å². The summed E-state index contributed by atoms with van der Waals surface area (Å²) in [7, 11) is 0. The van der Waals surface area contributed by atoms with Crippen LogP contribution in [0.2, 0.25) is 0 Å². The molecule has 2 heteroatoms. The average Bonchev–Trinajstić information content (AvgIpc) is 2.43. The predicted molar refractivity (Wildman–Crippen MR) is 77.7 cm³/mol. The van der Waals surface area contributed by atoms with E-state index < -0.39 is 0 Å². The van der Waals surface area contributed by atoms with E-state index >= 15 is 0 Å². The quantitative estimate of drug-likeness (QED) is 0.858. The fraction of sp³-hybridized carbons (Fsp3) is 0.625. The van der Waals surface area contributed by atoms with Crippen molar-refractivity contribution in [1.82, 2.24) is 10.2 Å². The number of likely N-dealkylation sites (tertiary alicyclic amines) is 1. The first-order valence-corrected chi connectivity index (χ1v) is 7.37. The number of benzene rings is 1. The largest absolute Gasteiger partial charge is 0.314 e. The average molecular weight is 246 g/mol. The summed E-state index contributed by atoms with van der Waals surface area (Å²) in [6, 6.07) is 12.3. The number of rotatable bonds is 5. The van der Waals surface area contributed by atoms with Crippen LogP contribution in [0.5, 0.6) is 0 Å². The predicted octanol–water partition coefficient (Wildman–Crippen LogP) is 3.21. The van der Waals surface area contributed by atoms with Gasteiger partial charge in [-0.1, -0.05) is 44.2 Å². The molecular weight excluding hydrogens is 220 g/mol. The van der Waals surface area contributed by atoms with Crippen LogP contribution >= 0.6 is 0 Å². The molecule has 100 valence electrons. The molecule has 0 radical (unpaired) electrons. The summed E-state index contributed by atoms with van der Waals surface area (Å²) < 4.78 is 0. The van der Waals surface area contributed by atoms with E-state index in [-0.39, 0.29) is 0 Å². The number of nitrogens with one attached hydrogen (secondary N) is 1. The fourth-order valence-corrected chi connectivity index (χ4v) is 3.08. The van der Waals surface area contributed by atoms with Crippen LogP contribution in [0.25, 0.3) is 0 Å². The van der Waals surface area contributed by atoms with Gasteiger partial charge < -0.3 is 5.32 Å². The fourth-order valence-electron chi connectivity index (χ4n) is 3.08. The molecule has 1 saturated heterocycles. The van der Waals surface area contributed by atoms with E-state index in [0.29, 0.717) is 6.04 Å². The van der Waals surface area contributed by atoms with Crippen LogP contribution in [0.3, 0.4) is 0 Å². The lowest BCUT2D eigenvalue weighted by atomic mass is 9.98. The highest BCUT2D eigenvalue weighted by Crippen LogP contribution is 2.27. The standard InChI is InChI=1S/C16H26N2/c1-3-16(14-8-6-5-7-9-14)18-12-10-15(11-13-18)17-4-2/h5-9,15-17H,3-4,10-13H2,1-2H3. The highest BCUT2D eigenvalue weighted by atomic mass is 15.2. The van der Waals surface area contributed by atoms with E-state index in [1.54, 1.807) is 0 Å². The maximum Gasteiger partial charge on any atom is 0.0345 e. The summed E-state index contributed by atoms with van der Waals surface area (Å²) in [5.74, 6) is 0. The second kappa shape index (κ2) is 6.91. The monoisotopic (exact) mass is 246 g/mol. The molecule has 1 aromatic rings. The normalized spacial score (nSPS) is 19.9. The summed E-state index contributed by atoms with van der Waals surface area (Å²) in [6.45, 7) is 8.05. The van der Waals surface area contributed by atoms with Gasteiger partial charge in [-0.05, 0) is 31.4 Å². The Morgan fingerprint density at radius 1 is 1.17 bits per heavy atom. The molecule has 0 spiro atoms. The van der Waals surface area contributed by atoms with Gasteiger partial charge >= 0.3 is 0 Å². The topological polar surface area (TPSA) is 15.3 Å². The molecule has 2 nitrogen and oxygen atoms in total.